The Morgan fingerprint density at radius 2 is 1.65 bits per heavy atom. The lowest BCUT2D eigenvalue weighted by atomic mass is 10.0. The smallest absolute Gasteiger partial charge is 0.229 e. The third-order valence-electron chi connectivity index (χ3n) is 3.75. The van der Waals surface area contributed by atoms with Crippen molar-refractivity contribution < 1.29 is 26.3 Å². The highest BCUT2D eigenvalue weighted by Crippen LogP contribution is 2.40. The maximum atomic E-state index is 13.1. The second-order valence-electron chi connectivity index (χ2n) is 5.85. The third-order valence-corrected chi connectivity index (χ3v) is 7.23. The van der Waals surface area contributed by atoms with Gasteiger partial charge >= 0.3 is 12.4 Å². The molecule has 0 aliphatic heterocycles. The van der Waals surface area contributed by atoms with Gasteiger partial charge in [0.15, 0.2) is 4.34 Å². The van der Waals surface area contributed by atoms with E-state index in [-0.39, 0.29) is 17.3 Å². The molecule has 0 unspecified atom stereocenters. The molecule has 0 fully saturated rings. The van der Waals surface area contributed by atoms with Gasteiger partial charge in [0, 0.05) is 10.9 Å². The average Bonchev–Trinajstić information content (AvgIpc) is 3.41. The van der Waals surface area contributed by atoms with Gasteiger partial charge < -0.3 is 0 Å². The summed E-state index contributed by atoms with van der Waals surface area (Å²) < 4.78 is 81.3. The SMILES string of the molecule is FC(F)(F)c1cc(-c2csc(Sc3nnnn3-c3ccc(Br)s3)n2)cc(C(F)(F)F)c1. The Labute approximate surface area is 190 Å². The summed E-state index contributed by atoms with van der Waals surface area (Å²) >= 11 is 6.80. The molecular weight excluding hydrogens is 552 g/mol. The topological polar surface area (TPSA) is 56.5 Å². The molecule has 0 aliphatic carbocycles. The first-order valence-corrected chi connectivity index (χ1v) is 11.3. The van der Waals surface area contributed by atoms with E-state index in [9.17, 15) is 26.3 Å². The molecule has 0 atom stereocenters. The van der Waals surface area contributed by atoms with Crippen LogP contribution in [0.5, 0.6) is 0 Å². The largest absolute Gasteiger partial charge is 0.416 e. The van der Waals surface area contributed by atoms with Gasteiger partial charge in [-0.3, -0.25) is 0 Å². The number of rotatable bonds is 4. The Morgan fingerprint density at radius 3 is 2.23 bits per heavy atom. The fourth-order valence-electron chi connectivity index (χ4n) is 2.42. The zero-order valence-corrected chi connectivity index (χ0v) is 18.6. The summed E-state index contributed by atoms with van der Waals surface area (Å²) in [6.07, 6.45) is -9.86. The monoisotopic (exact) mass is 557 g/mol. The van der Waals surface area contributed by atoms with Crippen LogP contribution in [0.3, 0.4) is 0 Å². The zero-order chi connectivity index (χ0) is 22.4. The molecule has 1 aromatic carbocycles. The van der Waals surface area contributed by atoms with Crippen LogP contribution < -0.4 is 0 Å². The third kappa shape index (κ3) is 4.94. The molecule has 0 bridgehead atoms. The quantitative estimate of drug-likeness (QED) is 0.258. The molecule has 3 aromatic heterocycles. The van der Waals surface area contributed by atoms with Gasteiger partial charge in [-0.1, -0.05) is 0 Å². The fraction of sp³-hybridized carbons (Fsp3) is 0.125. The van der Waals surface area contributed by atoms with Crippen LogP contribution in [0.1, 0.15) is 11.1 Å². The lowest BCUT2D eigenvalue weighted by Crippen LogP contribution is -2.11. The fourth-order valence-corrected chi connectivity index (χ4v) is 5.50. The van der Waals surface area contributed by atoms with E-state index >= 15 is 0 Å². The molecule has 0 spiro atoms. The molecule has 3 heterocycles. The second-order valence-corrected chi connectivity index (χ2v) is 10.4. The molecule has 0 saturated carbocycles. The van der Waals surface area contributed by atoms with Crippen molar-refractivity contribution in [3.63, 3.8) is 0 Å². The Morgan fingerprint density at radius 1 is 0.968 bits per heavy atom. The van der Waals surface area contributed by atoms with Crippen molar-refractivity contribution in [2.45, 2.75) is 21.8 Å². The lowest BCUT2D eigenvalue weighted by molar-refractivity contribution is -0.143. The Hall–Kier alpha value is -1.97. The Bertz CT molecular complexity index is 1200. The number of thiazole rings is 1. The first kappa shape index (κ1) is 22.2. The van der Waals surface area contributed by atoms with Crippen LogP contribution in [-0.4, -0.2) is 25.2 Å². The zero-order valence-electron chi connectivity index (χ0n) is 14.6. The summed E-state index contributed by atoms with van der Waals surface area (Å²) in [4.78, 5) is 4.17. The molecule has 4 aromatic rings. The van der Waals surface area contributed by atoms with E-state index < -0.39 is 23.5 Å². The van der Waals surface area contributed by atoms with E-state index in [1.54, 1.807) is 6.07 Å². The van der Waals surface area contributed by atoms with Crippen molar-refractivity contribution >= 4 is 50.4 Å². The minimum atomic E-state index is -4.93. The summed E-state index contributed by atoms with van der Waals surface area (Å²) in [5.41, 5.74) is -3.09. The number of aromatic nitrogens is 5. The highest BCUT2D eigenvalue weighted by Gasteiger charge is 2.37. The summed E-state index contributed by atoms with van der Waals surface area (Å²) in [6, 6.07) is 4.96. The van der Waals surface area contributed by atoms with Gasteiger partial charge in [0.1, 0.15) is 5.00 Å². The van der Waals surface area contributed by atoms with Crippen molar-refractivity contribution in [2.75, 3.05) is 0 Å². The minimum Gasteiger partial charge on any atom is -0.229 e. The van der Waals surface area contributed by atoms with E-state index in [0.717, 1.165) is 26.9 Å². The van der Waals surface area contributed by atoms with Gasteiger partial charge in [-0.15, -0.1) is 27.8 Å². The van der Waals surface area contributed by atoms with E-state index in [1.165, 1.54) is 21.4 Å². The molecule has 0 amide bonds. The van der Waals surface area contributed by atoms with Gasteiger partial charge in [0.25, 0.3) is 0 Å². The predicted molar refractivity (Wildman–Crippen MR) is 106 cm³/mol. The second kappa shape index (κ2) is 8.18. The van der Waals surface area contributed by atoms with E-state index in [2.05, 4.69) is 36.4 Å². The summed E-state index contributed by atoms with van der Waals surface area (Å²) in [5.74, 6) is 0. The van der Waals surface area contributed by atoms with E-state index in [1.807, 2.05) is 6.07 Å². The number of halogens is 7. The van der Waals surface area contributed by atoms with Crippen LogP contribution in [0.4, 0.5) is 26.3 Å². The van der Waals surface area contributed by atoms with Crippen LogP contribution in [0.2, 0.25) is 0 Å². The van der Waals surface area contributed by atoms with E-state index in [4.69, 9.17) is 0 Å². The number of alkyl halides is 6. The van der Waals surface area contributed by atoms with Gasteiger partial charge in [-0.05, 0) is 68.5 Å². The molecule has 4 rings (SSSR count). The van der Waals surface area contributed by atoms with Crippen molar-refractivity contribution in [1.82, 2.24) is 25.2 Å². The van der Waals surface area contributed by atoms with Crippen molar-refractivity contribution in [3.8, 4) is 16.3 Å². The first-order chi connectivity index (χ1) is 14.5. The molecule has 0 aliphatic rings. The Kier molecular flexibility index (Phi) is 5.87. The highest BCUT2D eigenvalue weighted by molar-refractivity contribution is 9.11. The summed E-state index contributed by atoms with van der Waals surface area (Å²) in [6.45, 7) is 0. The maximum absolute atomic E-state index is 13.1. The van der Waals surface area contributed by atoms with Crippen LogP contribution >= 0.6 is 50.4 Å². The number of hydrogen-bond acceptors (Lipinski definition) is 7. The van der Waals surface area contributed by atoms with Gasteiger partial charge in [0.05, 0.1) is 20.6 Å². The van der Waals surface area contributed by atoms with Crippen molar-refractivity contribution in [2.24, 2.45) is 0 Å². The number of thiophene rings is 1. The number of tetrazole rings is 1. The molecule has 5 nitrogen and oxygen atoms in total. The molecule has 0 saturated heterocycles. The van der Waals surface area contributed by atoms with E-state index in [0.29, 0.717) is 26.6 Å². The molecule has 0 N–H and O–H groups in total. The predicted octanol–water partition coefficient (Wildman–Crippen LogP) is 6.80. The molecule has 162 valence electrons. The van der Waals surface area contributed by atoms with Gasteiger partial charge in [0.2, 0.25) is 5.16 Å². The van der Waals surface area contributed by atoms with Crippen LogP contribution in [0.15, 0.2) is 49.0 Å². The average molecular weight is 558 g/mol. The molecule has 15 heteroatoms. The van der Waals surface area contributed by atoms with Crippen molar-refractivity contribution in [1.29, 1.82) is 0 Å². The van der Waals surface area contributed by atoms with Crippen molar-refractivity contribution in [3.05, 3.63) is 50.6 Å². The number of benzene rings is 1. The van der Waals surface area contributed by atoms with Gasteiger partial charge in [-0.2, -0.15) is 31.0 Å². The number of nitrogens with zero attached hydrogens (tertiary/aromatic N) is 5. The first-order valence-electron chi connectivity index (χ1n) is 7.98. The Balaban J connectivity index is 1.67. The van der Waals surface area contributed by atoms with Crippen LogP contribution in [0, 0.1) is 0 Å². The minimum absolute atomic E-state index is 0.0120. The standard InChI is InChI=1S/C16H6BrF6N5S3/c17-11-1-2-12(30-11)28-13(25-26-27-28)31-14-24-10(6-29-14)7-3-8(15(18,19)20)5-9(4-7)16(21,22)23/h1-6H. The maximum Gasteiger partial charge on any atom is 0.416 e. The van der Waals surface area contributed by atoms with Crippen LogP contribution in [-0.2, 0) is 12.4 Å². The van der Waals surface area contributed by atoms with Crippen LogP contribution in [0.25, 0.3) is 16.3 Å². The summed E-state index contributed by atoms with van der Waals surface area (Å²) in [5, 5.41) is 13.8. The molecule has 31 heavy (non-hydrogen) atoms. The number of hydrogen-bond donors (Lipinski definition) is 0. The normalized spacial score (nSPS) is 12.5. The lowest BCUT2D eigenvalue weighted by Gasteiger charge is -2.13. The summed E-state index contributed by atoms with van der Waals surface area (Å²) in [7, 11) is 0. The molecular formula is C16H6BrF6N5S3. The molecule has 0 radical (unpaired) electrons. The van der Waals surface area contributed by atoms with Gasteiger partial charge in [-0.25, -0.2) is 4.98 Å². The highest BCUT2D eigenvalue weighted by atomic mass is 79.9.